The van der Waals surface area contributed by atoms with Gasteiger partial charge in [-0.05, 0) is 61.2 Å². The Morgan fingerprint density at radius 2 is 2.00 bits per heavy atom. The predicted molar refractivity (Wildman–Crippen MR) is 103 cm³/mol. The highest BCUT2D eigenvalue weighted by Gasteiger charge is 2.31. The molecule has 1 amide bonds. The second-order valence-corrected chi connectivity index (χ2v) is 6.68. The zero-order valence-corrected chi connectivity index (χ0v) is 16.0. The maximum atomic E-state index is 13.3. The Labute approximate surface area is 167 Å². The summed E-state index contributed by atoms with van der Waals surface area (Å²) in [6.45, 7) is -0.593. The van der Waals surface area contributed by atoms with Crippen LogP contribution >= 0.6 is 0 Å². The third-order valence-electron chi connectivity index (χ3n) is 4.41. The number of hydrogen-bond acceptors (Lipinski definition) is 3. The number of benzene rings is 2. The van der Waals surface area contributed by atoms with Gasteiger partial charge in [0.2, 0.25) is 5.91 Å². The lowest BCUT2D eigenvalue weighted by molar-refractivity contribution is -0.127. The van der Waals surface area contributed by atoms with Gasteiger partial charge in [-0.3, -0.25) is 4.79 Å². The molecule has 154 valence electrons. The average molecular weight is 405 g/mol. The van der Waals surface area contributed by atoms with Gasteiger partial charge in [0.05, 0.1) is 6.61 Å². The van der Waals surface area contributed by atoms with Gasteiger partial charge in [-0.2, -0.15) is 8.78 Å². The van der Waals surface area contributed by atoms with Crippen LogP contribution in [-0.2, 0) is 11.3 Å². The Kier molecular flexibility index (Phi) is 6.80. The first-order chi connectivity index (χ1) is 14.0. The Bertz CT molecular complexity index is 881. The van der Waals surface area contributed by atoms with Gasteiger partial charge in [0.15, 0.2) is 11.5 Å². The standard InChI is InChI=1S/C22H22F3NO3/c1-2-28-20-13-16(6-10-19(20)29-22(24)25)14-26(18-8-9-18)21(27)11-7-15-4-3-5-17(23)12-15/h3-7,10-13,18,22H,2,8-9,14H2,1H3/b11-7+. The lowest BCUT2D eigenvalue weighted by atomic mass is 10.1. The van der Waals surface area contributed by atoms with Gasteiger partial charge in [-0.15, -0.1) is 0 Å². The van der Waals surface area contributed by atoms with Gasteiger partial charge >= 0.3 is 6.61 Å². The first-order valence-electron chi connectivity index (χ1n) is 9.41. The molecule has 2 aromatic carbocycles. The quantitative estimate of drug-likeness (QED) is 0.550. The molecule has 0 bridgehead atoms. The minimum absolute atomic E-state index is 0.0408. The highest BCUT2D eigenvalue weighted by Crippen LogP contribution is 2.33. The van der Waals surface area contributed by atoms with Crippen LogP contribution in [0.3, 0.4) is 0 Å². The highest BCUT2D eigenvalue weighted by atomic mass is 19.3. The Hall–Kier alpha value is -2.96. The van der Waals surface area contributed by atoms with Gasteiger partial charge in [0, 0.05) is 18.7 Å². The summed E-state index contributed by atoms with van der Waals surface area (Å²) in [6.07, 6.45) is 4.81. The van der Waals surface area contributed by atoms with E-state index in [2.05, 4.69) is 4.74 Å². The van der Waals surface area contributed by atoms with Crippen molar-refractivity contribution in [1.82, 2.24) is 4.90 Å². The summed E-state index contributed by atoms with van der Waals surface area (Å²) in [4.78, 5) is 14.4. The summed E-state index contributed by atoms with van der Waals surface area (Å²) in [5.41, 5.74) is 1.34. The molecule has 1 aliphatic carbocycles. The number of ether oxygens (including phenoxy) is 2. The molecule has 7 heteroatoms. The second-order valence-electron chi connectivity index (χ2n) is 6.68. The van der Waals surface area contributed by atoms with Crippen molar-refractivity contribution in [3.05, 3.63) is 65.5 Å². The molecular formula is C22H22F3NO3. The molecule has 1 fully saturated rings. The van der Waals surface area contributed by atoms with Crippen molar-refractivity contribution in [1.29, 1.82) is 0 Å². The van der Waals surface area contributed by atoms with Crippen LogP contribution < -0.4 is 9.47 Å². The number of hydrogen-bond donors (Lipinski definition) is 0. The second kappa shape index (κ2) is 9.49. The van der Waals surface area contributed by atoms with Gasteiger partial charge < -0.3 is 14.4 Å². The summed E-state index contributed by atoms with van der Waals surface area (Å²) in [6, 6.07) is 10.8. The van der Waals surface area contributed by atoms with E-state index in [4.69, 9.17) is 4.74 Å². The number of rotatable bonds is 9. The largest absolute Gasteiger partial charge is 0.490 e. The van der Waals surface area contributed by atoms with Crippen LogP contribution in [0.1, 0.15) is 30.9 Å². The fourth-order valence-corrected chi connectivity index (χ4v) is 2.96. The van der Waals surface area contributed by atoms with E-state index < -0.39 is 6.61 Å². The number of nitrogens with zero attached hydrogens (tertiary/aromatic N) is 1. The van der Waals surface area contributed by atoms with E-state index in [1.807, 2.05) is 0 Å². The lowest BCUT2D eigenvalue weighted by Gasteiger charge is -2.22. The molecule has 0 heterocycles. The fraction of sp³-hybridized carbons (Fsp3) is 0.318. The van der Waals surface area contributed by atoms with E-state index >= 15 is 0 Å². The van der Waals surface area contributed by atoms with E-state index in [1.165, 1.54) is 24.3 Å². The molecule has 0 aromatic heterocycles. The van der Waals surface area contributed by atoms with Crippen molar-refractivity contribution in [2.45, 2.75) is 39.0 Å². The SMILES string of the molecule is CCOc1cc(CN(C(=O)/C=C/c2cccc(F)c2)C2CC2)ccc1OC(F)F. The zero-order valence-electron chi connectivity index (χ0n) is 16.0. The van der Waals surface area contributed by atoms with Crippen molar-refractivity contribution >= 4 is 12.0 Å². The molecule has 0 radical (unpaired) electrons. The van der Waals surface area contributed by atoms with Crippen molar-refractivity contribution in [3.63, 3.8) is 0 Å². The monoisotopic (exact) mass is 405 g/mol. The van der Waals surface area contributed by atoms with E-state index in [1.54, 1.807) is 42.2 Å². The molecule has 0 spiro atoms. The van der Waals surface area contributed by atoms with E-state index in [0.29, 0.717) is 18.7 Å². The maximum Gasteiger partial charge on any atom is 0.387 e. The topological polar surface area (TPSA) is 38.8 Å². The number of carbonyl (C=O) groups is 1. The van der Waals surface area contributed by atoms with Gasteiger partial charge in [0.25, 0.3) is 0 Å². The van der Waals surface area contributed by atoms with Crippen molar-refractivity contribution in [3.8, 4) is 11.5 Å². The maximum absolute atomic E-state index is 13.3. The molecule has 3 rings (SSSR count). The van der Waals surface area contributed by atoms with Crippen LogP contribution in [0.15, 0.2) is 48.5 Å². The predicted octanol–water partition coefficient (Wildman–Crippen LogP) is 5.03. The molecule has 0 unspecified atom stereocenters. The molecule has 0 N–H and O–H groups in total. The first kappa shape index (κ1) is 20.8. The summed E-state index contributed by atoms with van der Waals surface area (Å²) < 4.78 is 48.3. The smallest absolute Gasteiger partial charge is 0.387 e. The summed E-state index contributed by atoms with van der Waals surface area (Å²) in [7, 11) is 0. The number of halogens is 3. The fourth-order valence-electron chi connectivity index (χ4n) is 2.96. The normalized spacial score (nSPS) is 13.7. The summed E-state index contributed by atoms with van der Waals surface area (Å²) in [5.74, 6) is -0.388. The third-order valence-corrected chi connectivity index (χ3v) is 4.41. The average Bonchev–Trinajstić information content (AvgIpc) is 3.51. The Morgan fingerprint density at radius 1 is 1.21 bits per heavy atom. The third kappa shape index (κ3) is 6.01. The molecule has 4 nitrogen and oxygen atoms in total. The Balaban J connectivity index is 1.74. The molecule has 29 heavy (non-hydrogen) atoms. The van der Waals surface area contributed by atoms with Gasteiger partial charge in [0.1, 0.15) is 5.82 Å². The number of amides is 1. The van der Waals surface area contributed by atoms with Crippen molar-refractivity contribution in [2.24, 2.45) is 0 Å². The summed E-state index contributed by atoms with van der Waals surface area (Å²) in [5, 5.41) is 0. The minimum Gasteiger partial charge on any atom is -0.490 e. The van der Waals surface area contributed by atoms with Gasteiger partial charge in [-0.25, -0.2) is 4.39 Å². The van der Waals surface area contributed by atoms with Crippen molar-refractivity contribution in [2.75, 3.05) is 6.61 Å². The summed E-state index contributed by atoms with van der Waals surface area (Å²) >= 11 is 0. The number of carbonyl (C=O) groups excluding carboxylic acids is 1. The molecule has 0 aliphatic heterocycles. The first-order valence-corrected chi connectivity index (χ1v) is 9.41. The van der Waals surface area contributed by atoms with Crippen LogP contribution in [0.4, 0.5) is 13.2 Å². The van der Waals surface area contributed by atoms with Crippen LogP contribution in [0, 0.1) is 5.82 Å². The molecule has 1 saturated carbocycles. The minimum atomic E-state index is -2.95. The highest BCUT2D eigenvalue weighted by molar-refractivity contribution is 5.92. The Morgan fingerprint density at radius 3 is 2.66 bits per heavy atom. The van der Waals surface area contributed by atoms with E-state index in [0.717, 1.165) is 18.4 Å². The van der Waals surface area contributed by atoms with Crippen molar-refractivity contribution < 1.29 is 27.4 Å². The lowest BCUT2D eigenvalue weighted by Crippen LogP contribution is -2.31. The van der Waals surface area contributed by atoms with Crippen LogP contribution in [0.5, 0.6) is 11.5 Å². The van der Waals surface area contributed by atoms with E-state index in [-0.39, 0.29) is 29.3 Å². The molecule has 1 aliphatic rings. The molecule has 0 saturated heterocycles. The van der Waals surface area contributed by atoms with Gasteiger partial charge in [-0.1, -0.05) is 18.2 Å². The molecule has 0 atom stereocenters. The molecule has 2 aromatic rings. The van der Waals surface area contributed by atoms with Crippen LogP contribution in [0.25, 0.3) is 6.08 Å². The zero-order chi connectivity index (χ0) is 20.8. The van der Waals surface area contributed by atoms with Crippen LogP contribution in [-0.4, -0.2) is 30.1 Å². The molecular weight excluding hydrogens is 383 g/mol. The van der Waals surface area contributed by atoms with E-state index in [9.17, 15) is 18.0 Å². The number of alkyl halides is 2. The van der Waals surface area contributed by atoms with Crippen LogP contribution in [0.2, 0.25) is 0 Å².